The molecule has 0 amide bonds. The van der Waals surface area contributed by atoms with Gasteiger partial charge in [-0.25, -0.2) is 9.07 Å². The molecule has 3 heterocycles. The fourth-order valence-electron chi connectivity index (χ4n) is 5.62. The number of hydrogen-bond acceptors (Lipinski definition) is 5. The van der Waals surface area contributed by atoms with Crippen molar-refractivity contribution in [1.29, 1.82) is 0 Å². The average molecular weight is 419 g/mol. The van der Waals surface area contributed by atoms with Crippen LogP contribution in [0.4, 0.5) is 4.39 Å². The van der Waals surface area contributed by atoms with E-state index in [2.05, 4.69) is 37.5 Å². The van der Waals surface area contributed by atoms with Crippen LogP contribution in [-0.2, 0) is 6.54 Å². The Kier molecular flexibility index (Phi) is 4.80. The topological polar surface area (TPSA) is 50.1 Å². The van der Waals surface area contributed by atoms with E-state index in [1.54, 1.807) is 12.1 Å². The molecule has 2 saturated heterocycles. The van der Waals surface area contributed by atoms with Crippen LogP contribution in [-0.4, -0.2) is 61.2 Å². The van der Waals surface area contributed by atoms with E-state index in [-0.39, 0.29) is 11.9 Å². The first kappa shape index (κ1) is 19.1. The van der Waals surface area contributed by atoms with E-state index < -0.39 is 0 Å². The summed E-state index contributed by atoms with van der Waals surface area (Å²) in [7, 11) is 0. The predicted molar refractivity (Wildman–Crippen MR) is 115 cm³/mol. The number of halogens is 1. The summed E-state index contributed by atoms with van der Waals surface area (Å²) >= 11 is 0. The Balaban J connectivity index is 1.33. The first-order valence-corrected chi connectivity index (χ1v) is 11.3. The molecule has 1 saturated carbocycles. The lowest BCUT2D eigenvalue weighted by molar-refractivity contribution is 0.0438. The zero-order valence-corrected chi connectivity index (χ0v) is 17.5. The number of rotatable bonds is 6. The molecule has 0 spiro atoms. The maximum atomic E-state index is 13.7. The largest absolute Gasteiger partial charge is 0.295 e. The van der Waals surface area contributed by atoms with Gasteiger partial charge in [-0.2, -0.15) is 0 Å². The molecule has 7 heteroatoms. The molecule has 2 bridgehead atoms. The van der Waals surface area contributed by atoms with Crippen LogP contribution in [0.3, 0.4) is 0 Å². The third-order valence-corrected chi connectivity index (χ3v) is 7.37. The fourth-order valence-corrected chi connectivity index (χ4v) is 5.62. The average Bonchev–Trinajstić information content (AvgIpc) is 3.46. The van der Waals surface area contributed by atoms with Crippen LogP contribution >= 0.6 is 0 Å². The first-order chi connectivity index (χ1) is 15.3. The third-order valence-electron chi connectivity index (χ3n) is 7.37. The molecule has 31 heavy (non-hydrogen) atoms. The molecule has 6 nitrogen and oxygen atoms in total. The molecule has 1 aromatic heterocycles. The van der Waals surface area contributed by atoms with E-state index in [0.717, 1.165) is 36.1 Å². The van der Waals surface area contributed by atoms with Crippen molar-refractivity contribution in [2.45, 2.75) is 56.4 Å². The molecule has 2 aromatic carbocycles. The molecule has 3 aliphatic rings. The van der Waals surface area contributed by atoms with Crippen LogP contribution in [0.2, 0.25) is 0 Å². The van der Waals surface area contributed by atoms with Gasteiger partial charge in [-0.1, -0.05) is 48.9 Å². The highest BCUT2D eigenvalue weighted by Crippen LogP contribution is 2.42. The zero-order chi connectivity index (χ0) is 20.8. The quantitative estimate of drug-likeness (QED) is 0.615. The Bertz CT molecular complexity index is 1030. The second-order valence-corrected chi connectivity index (χ2v) is 9.16. The maximum Gasteiger partial charge on any atom is 0.173 e. The number of tetrazole rings is 1. The second kappa shape index (κ2) is 7.80. The molecule has 3 atom stereocenters. The Hall–Kier alpha value is -2.64. The van der Waals surface area contributed by atoms with Crippen LogP contribution in [0.25, 0.3) is 0 Å². The van der Waals surface area contributed by atoms with Crippen LogP contribution in [0, 0.1) is 5.82 Å². The maximum absolute atomic E-state index is 13.7. The van der Waals surface area contributed by atoms with E-state index in [1.807, 2.05) is 35.0 Å². The van der Waals surface area contributed by atoms with Gasteiger partial charge in [0.25, 0.3) is 0 Å². The van der Waals surface area contributed by atoms with Crippen molar-refractivity contribution in [2.24, 2.45) is 0 Å². The monoisotopic (exact) mass is 418 g/mol. The summed E-state index contributed by atoms with van der Waals surface area (Å²) in [6, 6.07) is 18.9. The van der Waals surface area contributed by atoms with Gasteiger partial charge in [-0.05, 0) is 52.9 Å². The summed E-state index contributed by atoms with van der Waals surface area (Å²) in [5.74, 6) is 0.615. The lowest BCUT2D eigenvalue weighted by Crippen LogP contribution is -2.53. The van der Waals surface area contributed by atoms with Crippen molar-refractivity contribution in [2.75, 3.05) is 13.1 Å². The van der Waals surface area contributed by atoms with E-state index >= 15 is 0 Å². The van der Waals surface area contributed by atoms with Crippen LogP contribution < -0.4 is 0 Å². The molecular weight excluding hydrogens is 391 g/mol. The lowest BCUT2D eigenvalue weighted by atomic mass is 9.90. The summed E-state index contributed by atoms with van der Waals surface area (Å²) < 4.78 is 15.6. The molecular formula is C24H27FN6. The van der Waals surface area contributed by atoms with Crippen molar-refractivity contribution >= 4 is 0 Å². The Morgan fingerprint density at radius 3 is 2.42 bits per heavy atom. The normalized spacial score (nSPS) is 25.1. The summed E-state index contributed by atoms with van der Waals surface area (Å²) in [4.78, 5) is 5.29. The molecule has 3 fully saturated rings. The Labute approximate surface area is 181 Å². The molecule has 6 rings (SSSR count). The molecule has 2 aliphatic heterocycles. The van der Waals surface area contributed by atoms with Gasteiger partial charge in [-0.15, -0.1) is 5.10 Å². The van der Waals surface area contributed by atoms with Crippen molar-refractivity contribution < 1.29 is 4.39 Å². The van der Waals surface area contributed by atoms with Crippen LogP contribution in [0.15, 0.2) is 54.6 Å². The van der Waals surface area contributed by atoms with E-state index in [1.165, 1.54) is 25.7 Å². The van der Waals surface area contributed by atoms with Gasteiger partial charge < -0.3 is 0 Å². The standard InChI is InChI=1S/C24H27FN6/c25-19-11-9-18(10-12-19)23(24-26-27-28-31(24)14-17-5-2-1-3-6-17)30-16-21-13-22(30)15-29(21)20-7-4-8-20/h1-3,5-6,9-12,20-23H,4,7-8,13-16H2/t21-,22-,23?/m0/s1. The predicted octanol–water partition coefficient (Wildman–Crippen LogP) is 3.26. The number of fused-ring (bicyclic) bond motifs is 2. The highest BCUT2D eigenvalue weighted by Gasteiger charge is 2.49. The number of piperazine rings is 1. The minimum atomic E-state index is -0.217. The Morgan fingerprint density at radius 1 is 0.935 bits per heavy atom. The molecule has 1 unspecified atom stereocenters. The number of benzene rings is 2. The summed E-state index contributed by atoms with van der Waals surface area (Å²) in [5, 5.41) is 12.8. The van der Waals surface area contributed by atoms with Crippen LogP contribution in [0.1, 0.15) is 48.7 Å². The van der Waals surface area contributed by atoms with Gasteiger partial charge in [0.1, 0.15) is 5.82 Å². The first-order valence-electron chi connectivity index (χ1n) is 11.3. The molecule has 160 valence electrons. The number of nitrogens with zero attached hydrogens (tertiary/aromatic N) is 6. The third kappa shape index (κ3) is 3.46. The van der Waals surface area contributed by atoms with Crippen molar-refractivity contribution in [3.8, 4) is 0 Å². The van der Waals surface area contributed by atoms with Gasteiger partial charge in [0.15, 0.2) is 5.82 Å². The van der Waals surface area contributed by atoms with Crippen molar-refractivity contribution in [1.82, 2.24) is 30.0 Å². The lowest BCUT2D eigenvalue weighted by Gasteiger charge is -2.44. The minimum Gasteiger partial charge on any atom is -0.295 e. The van der Waals surface area contributed by atoms with Crippen molar-refractivity contribution in [3.05, 3.63) is 77.4 Å². The zero-order valence-electron chi connectivity index (χ0n) is 17.5. The smallest absolute Gasteiger partial charge is 0.173 e. The van der Waals surface area contributed by atoms with Gasteiger partial charge in [0.2, 0.25) is 0 Å². The van der Waals surface area contributed by atoms with E-state index in [0.29, 0.717) is 18.6 Å². The SMILES string of the molecule is Fc1ccc(C(c2nnnn2Cc2ccccc2)N2C[C@@H]3C[C@H]2CN3C2CCC2)cc1. The van der Waals surface area contributed by atoms with Gasteiger partial charge in [0, 0.05) is 31.2 Å². The number of likely N-dealkylation sites (tertiary alicyclic amines) is 2. The summed E-state index contributed by atoms with van der Waals surface area (Å²) in [5.41, 5.74) is 2.21. The highest BCUT2D eigenvalue weighted by molar-refractivity contribution is 5.27. The van der Waals surface area contributed by atoms with Gasteiger partial charge in [-0.3, -0.25) is 9.80 Å². The fraction of sp³-hybridized carbons (Fsp3) is 0.458. The minimum absolute atomic E-state index is 0.0714. The van der Waals surface area contributed by atoms with E-state index in [9.17, 15) is 4.39 Å². The second-order valence-electron chi connectivity index (χ2n) is 9.16. The van der Waals surface area contributed by atoms with Crippen molar-refractivity contribution in [3.63, 3.8) is 0 Å². The number of hydrogen-bond donors (Lipinski definition) is 0. The summed E-state index contributed by atoms with van der Waals surface area (Å²) in [6.45, 7) is 2.76. The van der Waals surface area contributed by atoms with Gasteiger partial charge in [0.05, 0.1) is 12.6 Å². The number of aromatic nitrogens is 4. The molecule has 3 aromatic rings. The highest BCUT2D eigenvalue weighted by atomic mass is 19.1. The van der Waals surface area contributed by atoms with Crippen LogP contribution in [0.5, 0.6) is 0 Å². The van der Waals surface area contributed by atoms with E-state index in [4.69, 9.17) is 0 Å². The molecule has 1 aliphatic carbocycles. The summed E-state index contributed by atoms with van der Waals surface area (Å²) in [6.07, 6.45) is 5.27. The van der Waals surface area contributed by atoms with Gasteiger partial charge >= 0.3 is 0 Å². The molecule has 0 radical (unpaired) electrons. The Morgan fingerprint density at radius 2 is 1.74 bits per heavy atom. The molecule has 0 N–H and O–H groups in total.